The Kier molecular flexibility index (Phi) is 4.40. The van der Waals surface area contributed by atoms with Crippen LogP contribution < -0.4 is 4.74 Å². The zero-order valence-corrected chi connectivity index (χ0v) is 8.92. The van der Waals surface area contributed by atoms with E-state index in [-0.39, 0.29) is 6.10 Å². The third-order valence-corrected chi connectivity index (χ3v) is 1.71. The molecule has 80 valence electrons. The van der Waals surface area contributed by atoms with Crippen molar-refractivity contribution in [2.24, 2.45) is 0 Å². The number of hydrogen-bond acceptors (Lipinski definition) is 3. The molecular weight excluding hydrogens is 191 g/mol. The summed E-state index contributed by atoms with van der Waals surface area (Å²) in [6.45, 7) is 3.94. The second-order valence-corrected chi connectivity index (χ2v) is 3.51. The van der Waals surface area contributed by atoms with Crippen LogP contribution in [0.1, 0.15) is 19.4 Å². The molecule has 3 nitrogen and oxygen atoms in total. The first-order valence-corrected chi connectivity index (χ1v) is 4.89. The van der Waals surface area contributed by atoms with E-state index in [4.69, 9.17) is 14.8 Å². The van der Waals surface area contributed by atoms with Crippen LogP contribution in [0.4, 0.5) is 0 Å². The SMILES string of the molecule is CC(C)Oc1ccc(/C=C/B(O)O)cc1. The monoisotopic (exact) mass is 206 g/mol. The van der Waals surface area contributed by atoms with Crippen LogP contribution in [0.15, 0.2) is 30.2 Å². The van der Waals surface area contributed by atoms with Crippen molar-refractivity contribution >= 4 is 13.2 Å². The summed E-state index contributed by atoms with van der Waals surface area (Å²) >= 11 is 0. The predicted molar refractivity (Wildman–Crippen MR) is 61.4 cm³/mol. The van der Waals surface area contributed by atoms with Gasteiger partial charge in [-0.15, -0.1) is 0 Å². The summed E-state index contributed by atoms with van der Waals surface area (Å²) in [6.07, 6.45) is 1.80. The molecule has 0 saturated carbocycles. The molecule has 0 saturated heterocycles. The van der Waals surface area contributed by atoms with Gasteiger partial charge in [0.25, 0.3) is 0 Å². The van der Waals surface area contributed by atoms with E-state index in [1.165, 1.54) is 5.98 Å². The Morgan fingerprint density at radius 3 is 2.27 bits per heavy atom. The zero-order chi connectivity index (χ0) is 11.3. The Hall–Kier alpha value is -1.26. The fourth-order valence-corrected chi connectivity index (χ4v) is 1.13. The molecule has 0 radical (unpaired) electrons. The molecule has 0 heterocycles. The summed E-state index contributed by atoms with van der Waals surface area (Å²) in [6, 6.07) is 7.42. The van der Waals surface area contributed by atoms with Crippen LogP contribution in [0.3, 0.4) is 0 Å². The van der Waals surface area contributed by atoms with Crippen LogP contribution in [-0.2, 0) is 0 Å². The second-order valence-electron chi connectivity index (χ2n) is 3.51. The molecule has 0 atom stereocenters. The van der Waals surface area contributed by atoms with Crippen LogP contribution in [0.25, 0.3) is 6.08 Å². The van der Waals surface area contributed by atoms with E-state index in [2.05, 4.69) is 0 Å². The van der Waals surface area contributed by atoms with Crippen molar-refractivity contribution in [1.29, 1.82) is 0 Å². The number of rotatable bonds is 4. The van der Waals surface area contributed by atoms with Crippen molar-refractivity contribution in [2.75, 3.05) is 0 Å². The average molecular weight is 206 g/mol. The molecule has 0 aliphatic rings. The van der Waals surface area contributed by atoms with Gasteiger partial charge in [0.1, 0.15) is 5.75 Å². The molecule has 0 aromatic heterocycles. The first kappa shape index (κ1) is 11.8. The molecule has 1 aromatic carbocycles. The van der Waals surface area contributed by atoms with Gasteiger partial charge in [-0.25, -0.2) is 0 Å². The summed E-state index contributed by atoms with van der Waals surface area (Å²) < 4.78 is 5.47. The molecule has 15 heavy (non-hydrogen) atoms. The molecule has 0 spiro atoms. The zero-order valence-electron chi connectivity index (χ0n) is 8.92. The Morgan fingerprint density at radius 1 is 1.20 bits per heavy atom. The van der Waals surface area contributed by atoms with Gasteiger partial charge in [0.2, 0.25) is 0 Å². The maximum atomic E-state index is 8.63. The van der Waals surface area contributed by atoms with E-state index in [1.807, 2.05) is 38.1 Å². The van der Waals surface area contributed by atoms with E-state index in [0.29, 0.717) is 0 Å². The van der Waals surface area contributed by atoms with Gasteiger partial charge in [0.15, 0.2) is 0 Å². The first-order chi connectivity index (χ1) is 7.08. The van der Waals surface area contributed by atoms with Crippen molar-refractivity contribution in [2.45, 2.75) is 20.0 Å². The quantitative estimate of drug-likeness (QED) is 0.734. The predicted octanol–water partition coefficient (Wildman–Crippen LogP) is 1.50. The second kappa shape index (κ2) is 5.58. The minimum atomic E-state index is -1.41. The average Bonchev–Trinajstić information content (AvgIpc) is 2.16. The molecule has 4 heteroatoms. The van der Waals surface area contributed by atoms with Crippen molar-refractivity contribution in [3.63, 3.8) is 0 Å². The maximum Gasteiger partial charge on any atom is 0.480 e. The fraction of sp³-hybridized carbons (Fsp3) is 0.273. The molecule has 0 aliphatic carbocycles. The molecule has 0 fully saturated rings. The number of benzene rings is 1. The van der Waals surface area contributed by atoms with Gasteiger partial charge in [-0.05, 0) is 31.5 Å². The van der Waals surface area contributed by atoms with E-state index >= 15 is 0 Å². The van der Waals surface area contributed by atoms with Crippen LogP contribution >= 0.6 is 0 Å². The highest BCUT2D eigenvalue weighted by atomic mass is 16.5. The third-order valence-electron chi connectivity index (χ3n) is 1.71. The van der Waals surface area contributed by atoms with Gasteiger partial charge in [0, 0.05) is 0 Å². The lowest BCUT2D eigenvalue weighted by Gasteiger charge is -2.09. The van der Waals surface area contributed by atoms with Gasteiger partial charge < -0.3 is 14.8 Å². The Morgan fingerprint density at radius 2 is 1.80 bits per heavy atom. The summed E-state index contributed by atoms with van der Waals surface area (Å²) in [7, 11) is -1.41. The molecule has 0 bridgehead atoms. The smallest absolute Gasteiger partial charge is 0.480 e. The highest BCUT2D eigenvalue weighted by Gasteiger charge is 1.99. The van der Waals surface area contributed by atoms with Gasteiger partial charge >= 0.3 is 7.12 Å². The van der Waals surface area contributed by atoms with Gasteiger partial charge in [-0.1, -0.05) is 24.2 Å². The van der Waals surface area contributed by atoms with Crippen LogP contribution in [0.2, 0.25) is 0 Å². The molecule has 0 aliphatic heterocycles. The number of hydrogen-bond donors (Lipinski definition) is 2. The van der Waals surface area contributed by atoms with E-state index in [0.717, 1.165) is 11.3 Å². The molecular formula is C11H15BO3. The fourth-order valence-electron chi connectivity index (χ4n) is 1.13. The van der Waals surface area contributed by atoms with Crippen LogP contribution in [0.5, 0.6) is 5.75 Å². The lowest BCUT2D eigenvalue weighted by molar-refractivity contribution is 0.242. The highest BCUT2D eigenvalue weighted by Crippen LogP contribution is 2.14. The van der Waals surface area contributed by atoms with E-state index < -0.39 is 7.12 Å². The lowest BCUT2D eigenvalue weighted by Crippen LogP contribution is -2.05. The van der Waals surface area contributed by atoms with Crippen molar-refractivity contribution < 1.29 is 14.8 Å². The third kappa shape index (κ3) is 4.67. The molecule has 0 amide bonds. The van der Waals surface area contributed by atoms with Crippen molar-refractivity contribution in [3.8, 4) is 5.75 Å². The minimum Gasteiger partial charge on any atom is -0.491 e. The van der Waals surface area contributed by atoms with Crippen molar-refractivity contribution in [1.82, 2.24) is 0 Å². The van der Waals surface area contributed by atoms with Gasteiger partial charge in [-0.3, -0.25) is 0 Å². The van der Waals surface area contributed by atoms with Gasteiger partial charge in [0.05, 0.1) is 6.10 Å². The molecule has 2 N–H and O–H groups in total. The Balaban J connectivity index is 2.64. The molecule has 1 aromatic rings. The number of ether oxygens (including phenoxy) is 1. The maximum absolute atomic E-state index is 8.63. The summed E-state index contributed by atoms with van der Waals surface area (Å²) in [4.78, 5) is 0. The standard InChI is InChI=1S/C11H15BO3/c1-9(2)15-11-5-3-10(4-6-11)7-8-12(13)14/h3-9,13-14H,1-2H3/b8-7+. The normalized spacial score (nSPS) is 11.0. The van der Waals surface area contributed by atoms with Crippen LogP contribution in [-0.4, -0.2) is 23.3 Å². The summed E-state index contributed by atoms with van der Waals surface area (Å²) in [5.74, 6) is 2.12. The van der Waals surface area contributed by atoms with Gasteiger partial charge in [-0.2, -0.15) is 0 Å². The largest absolute Gasteiger partial charge is 0.491 e. The van der Waals surface area contributed by atoms with E-state index in [9.17, 15) is 0 Å². The van der Waals surface area contributed by atoms with Crippen molar-refractivity contribution in [3.05, 3.63) is 35.8 Å². The summed E-state index contributed by atoms with van der Waals surface area (Å²) in [5, 5.41) is 17.3. The highest BCUT2D eigenvalue weighted by molar-refractivity contribution is 6.48. The topological polar surface area (TPSA) is 49.7 Å². The molecule has 0 unspecified atom stereocenters. The minimum absolute atomic E-state index is 0.158. The molecule has 1 rings (SSSR count). The Bertz CT molecular complexity index is 317. The van der Waals surface area contributed by atoms with E-state index in [1.54, 1.807) is 6.08 Å². The Labute approximate surface area is 90.2 Å². The van der Waals surface area contributed by atoms with Crippen LogP contribution in [0, 0.1) is 0 Å². The lowest BCUT2D eigenvalue weighted by atomic mass is 9.91. The summed E-state index contributed by atoms with van der Waals surface area (Å²) in [5.41, 5.74) is 0.902. The first-order valence-electron chi connectivity index (χ1n) is 4.89.